The second-order valence-corrected chi connectivity index (χ2v) is 16.7. The number of fused-ring (bicyclic) bond motifs is 6. The molecule has 5 aliphatic carbocycles. The Bertz CT molecular complexity index is 2530. The van der Waals surface area contributed by atoms with Crippen molar-refractivity contribution in [3.05, 3.63) is 196 Å². The molecule has 0 radical (unpaired) electrons. The van der Waals surface area contributed by atoms with Crippen LogP contribution in [-0.2, 0) is 10.8 Å². The van der Waals surface area contributed by atoms with Crippen molar-refractivity contribution in [1.29, 1.82) is 0 Å². The van der Waals surface area contributed by atoms with Crippen molar-refractivity contribution in [2.45, 2.75) is 76.5 Å². The van der Waals surface area contributed by atoms with E-state index in [0.29, 0.717) is 5.92 Å². The van der Waals surface area contributed by atoms with Crippen LogP contribution in [0.25, 0.3) is 33.0 Å². The Balaban J connectivity index is 1.10. The zero-order chi connectivity index (χ0) is 35.9. The van der Waals surface area contributed by atoms with Gasteiger partial charge in [-0.15, -0.1) is 0 Å². The van der Waals surface area contributed by atoms with Crippen LogP contribution in [0.2, 0.25) is 0 Å². The summed E-state index contributed by atoms with van der Waals surface area (Å²) in [4.78, 5) is 2.56. The molecule has 0 aliphatic heterocycles. The Morgan fingerprint density at radius 2 is 1.43 bits per heavy atom. The van der Waals surface area contributed by atoms with Crippen LogP contribution in [0.15, 0.2) is 163 Å². The molecule has 0 heterocycles. The smallest absolute Gasteiger partial charge is 0.0461 e. The van der Waals surface area contributed by atoms with Crippen molar-refractivity contribution in [1.82, 2.24) is 0 Å². The lowest BCUT2D eigenvalue weighted by molar-refractivity contribution is 0.608. The van der Waals surface area contributed by atoms with Gasteiger partial charge < -0.3 is 4.90 Å². The van der Waals surface area contributed by atoms with Crippen LogP contribution in [0.1, 0.15) is 99.1 Å². The van der Waals surface area contributed by atoms with Crippen molar-refractivity contribution in [3.8, 4) is 11.1 Å². The van der Waals surface area contributed by atoms with Gasteiger partial charge in [0.25, 0.3) is 0 Å². The number of anilines is 1. The molecule has 5 aliphatic rings. The van der Waals surface area contributed by atoms with Crippen molar-refractivity contribution < 1.29 is 0 Å². The summed E-state index contributed by atoms with van der Waals surface area (Å²) in [5.41, 5.74) is 19.7. The fraction of sp³-hybridized carbons (Fsp3) is 0.231. The molecule has 0 spiro atoms. The van der Waals surface area contributed by atoms with Gasteiger partial charge in [-0.3, -0.25) is 0 Å². The van der Waals surface area contributed by atoms with Crippen LogP contribution in [0.5, 0.6) is 0 Å². The quantitative estimate of drug-likeness (QED) is 0.178. The second kappa shape index (κ2) is 12.1. The Morgan fingerprint density at radius 3 is 2.25 bits per heavy atom. The second-order valence-electron chi connectivity index (χ2n) is 16.7. The highest BCUT2D eigenvalue weighted by molar-refractivity contribution is 6.04. The van der Waals surface area contributed by atoms with Crippen LogP contribution in [0, 0.1) is 0 Å². The van der Waals surface area contributed by atoms with Gasteiger partial charge in [-0.2, -0.15) is 0 Å². The molecule has 0 amide bonds. The van der Waals surface area contributed by atoms with E-state index in [1.807, 2.05) is 0 Å². The molecule has 0 bridgehead atoms. The molecule has 1 heteroatoms. The summed E-state index contributed by atoms with van der Waals surface area (Å²) < 4.78 is 0. The molecule has 53 heavy (non-hydrogen) atoms. The summed E-state index contributed by atoms with van der Waals surface area (Å²) in [6.07, 6.45) is 22.2. The summed E-state index contributed by atoms with van der Waals surface area (Å²) >= 11 is 0. The zero-order valence-electron chi connectivity index (χ0n) is 31.4. The normalized spacial score (nSPS) is 20.3. The molecule has 1 unspecified atom stereocenters. The highest BCUT2D eigenvalue weighted by Crippen LogP contribution is 2.55. The van der Waals surface area contributed by atoms with Crippen LogP contribution >= 0.6 is 0 Å². The molecule has 0 saturated carbocycles. The maximum atomic E-state index is 2.56. The minimum Gasteiger partial charge on any atom is -0.315 e. The number of hydrogen-bond donors (Lipinski definition) is 0. The topological polar surface area (TPSA) is 3.24 Å². The van der Waals surface area contributed by atoms with E-state index >= 15 is 0 Å². The first-order valence-corrected chi connectivity index (χ1v) is 19.7. The molecule has 5 aromatic carbocycles. The summed E-state index contributed by atoms with van der Waals surface area (Å²) in [7, 11) is 0. The summed E-state index contributed by atoms with van der Waals surface area (Å²) in [6.45, 7) is 9.66. The SMILES string of the molecule is CC1(C)C2=C(C=CCC2)c2c1cc1ccccc1c2C1=CC=C(N(C2=CCC(c3ccccc3)C=C2)c2ccc3c(c2)C(C)(C)c2ccccc2-3)CC1. The minimum atomic E-state index is -0.0551. The van der Waals surface area contributed by atoms with Gasteiger partial charge in [0.15, 0.2) is 0 Å². The van der Waals surface area contributed by atoms with Gasteiger partial charge in [0.1, 0.15) is 0 Å². The van der Waals surface area contributed by atoms with Crippen molar-refractivity contribution >= 4 is 27.6 Å². The molecule has 0 aromatic heterocycles. The molecule has 0 saturated heterocycles. The fourth-order valence-electron chi connectivity index (χ4n) is 10.2. The average molecular weight is 686 g/mol. The van der Waals surface area contributed by atoms with E-state index in [4.69, 9.17) is 0 Å². The molecule has 0 fully saturated rings. The third kappa shape index (κ3) is 4.97. The number of rotatable bonds is 5. The van der Waals surface area contributed by atoms with Gasteiger partial charge in [0.05, 0.1) is 0 Å². The van der Waals surface area contributed by atoms with E-state index in [0.717, 1.165) is 32.1 Å². The maximum Gasteiger partial charge on any atom is 0.0461 e. The fourth-order valence-corrected chi connectivity index (χ4v) is 10.2. The Labute approximate surface area is 315 Å². The standard InChI is InChI=1S/C52H47N/c1-51(2)45-20-12-10-18-42(45)43-31-30-40(33-47(43)51)53(38-26-22-35(23-27-38)34-14-6-5-7-15-34)39-28-24-36(25-29-39)49-41-17-9-8-16-37(41)32-48-50(49)44-19-11-13-21-46(44)52(48,3)4/h5-12,14-20,22,24,26-28,30-33,35H,13,21,23,25,29H2,1-4H3. The zero-order valence-corrected chi connectivity index (χ0v) is 31.4. The molecule has 260 valence electrons. The lowest BCUT2D eigenvalue weighted by Gasteiger charge is -2.34. The van der Waals surface area contributed by atoms with E-state index in [1.54, 1.807) is 5.57 Å². The number of allylic oxidation sites excluding steroid dienone is 11. The molecule has 0 N–H and O–H groups in total. The predicted molar refractivity (Wildman–Crippen MR) is 225 cm³/mol. The Morgan fingerprint density at radius 1 is 0.642 bits per heavy atom. The Kier molecular flexibility index (Phi) is 7.35. The molecular weight excluding hydrogens is 639 g/mol. The molecule has 10 rings (SSSR count). The highest BCUT2D eigenvalue weighted by atomic mass is 15.2. The third-order valence-corrected chi connectivity index (χ3v) is 13.0. The van der Waals surface area contributed by atoms with Crippen LogP contribution in [0.4, 0.5) is 5.69 Å². The monoisotopic (exact) mass is 685 g/mol. The molecule has 1 atom stereocenters. The average Bonchev–Trinajstić information content (AvgIpc) is 3.57. The first kappa shape index (κ1) is 32.3. The van der Waals surface area contributed by atoms with Crippen LogP contribution in [0.3, 0.4) is 0 Å². The van der Waals surface area contributed by atoms with Crippen LogP contribution < -0.4 is 4.90 Å². The number of hydrogen-bond acceptors (Lipinski definition) is 1. The first-order chi connectivity index (χ1) is 25.8. The van der Waals surface area contributed by atoms with Gasteiger partial charge in [-0.05, 0) is 129 Å². The maximum absolute atomic E-state index is 2.56. The van der Waals surface area contributed by atoms with Crippen molar-refractivity contribution in [3.63, 3.8) is 0 Å². The van der Waals surface area contributed by atoms with E-state index in [9.17, 15) is 0 Å². The first-order valence-electron chi connectivity index (χ1n) is 19.7. The van der Waals surface area contributed by atoms with Gasteiger partial charge in [-0.25, -0.2) is 0 Å². The predicted octanol–water partition coefficient (Wildman–Crippen LogP) is 13.7. The van der Waals surface area contributed by atoms with Crippen molar-refractivity contribution in [2.75, 3.05) is 4.90 Å². The number of nitrogens with zero attached hydrogens (tertiary/aromatic N) is 1. The van der Waals surface area contributed by atoms with E-state index in [1.165, 1.54) is 83.5 Å². The summed E-state index contributed by atoms with van der Waals surface area (Å²) in [6, 6.07) is 38.7. The highest BCUT2D eigenvalue weighted by Gasteiger charge is 2.40. The summed E-state index contributed by atoms with van der Waals surface area (Å²) in [5.74, 6) is 0.396. The van der Waals surface area contributed by atoms with Crippen LogP contribution in [-0.4, -0.2) is 0 Å². The lowest BCUT2D eigenvalue weighted by Crippen LogP contribution is -2.24. The number of benzene rings is 5. The van der Waals surface area contributed by atoms with E-state index < -0.39 is 0 Å². The molecular formula is C52H47N. The largest absolute Gasteiger partial charge is 0.315 e. The van der Waals surface area contributed by atoms with Gasteiger partial charge >= 0.3 is 0 Å². The van der Waals surface area contributed by atoms with Gasteiger partial charge in [0.2, 0.25) is 0 Å². The Hall–Kier alpha value is -5.40. The third-order valence-electron chi connectivity index (χ3n) is 13.0. The minimum absolute atomic E-state index is 0.0413. The van der Waals surface area contributed by atoms with E-state index in [2.05, 4.69) is 178 Å². The van der Waals surface area contributed by atoms with Crippen molar-refractivity contribution in [2.24, 2.45) is 0 Å². The molecule has 5 aromatic rings. The summed E-state index contributed by atoms with van der Waals surface area (Å²) in [5, 5.41) is 2.72. The van der Waals surface area contributed by atoms with Gasteiger partial charge in [0, 0.05) is 33.8 Å². The lowest BCUT2D eigenvalue weighted by atomic mass is 9.77. The van der Waals surface area contributed by atoms with E-state index in [-0.39, 0.29) is 10.8 Å². The van der Waals surface area contributed by atoms with Gasteiger partial charge in [-0.1, -0.05) is 149 Å². The molecule has 1 nitrogen and oxygen atoms in total.